The van der Waals surface area contributed by atoms with Gasteiger partial charge < -0.3 is 20.5 Å². The van der Waals surface area contributed by atoms with E-state index in [0.29, 0.717) is 19.6 Å². The second-order valence-corrected chi connectivity index (χ2v) is 6.23. The lowest BCUT2D eigenvalue weighted by atomic mass is 9.82. The first-order valence-electron chi connectivity index (χ1n) is 7.74. The minimum Gasteiger partial charge on any atom is -0.391 e. The maximum absolute atomic E-state index is 11.7. The number of carbonyl (C=O) groups is 1. The molecular formula is C15H30N2O3. The number of aliphatic hydroxyl groups excluding tert-OH is 1. The number of nitrogens with one attached hydrogen (secondary N) is 2. The monoisotopic (exact) mass is 286 g/mol. The largest absolute Gasteiger partial charge is 0.391 e. The third-order valence-electron chi connectivity index (χ3n) is 4.11. The summed E-state index contributed by atoms with van der Waals surface area (Å²) in [7, 11) is 1.55. The van der Waals surface area contributed by atoms with Crippen LogP contribution in [-0.2, 0) is 4.74 Å². The first-order chi connectivity index (χ1) is 9.56. The molecule has 5 nitrogen and oxygen atoms in total. The molecule has 0 aliphatic heterocycles. The van der Waals surface area contributed by atoms with Gasteiger partial charge in [0, 0.05) is 20.2 Å². The molecular weight excluding hydrogens is 256 g/mol. The zero-order valence-corrected chi connectivity index (χ0v) is 12.9. The van der Waals surface area contributed by atoms with Crippen LogP contribution in [0.3, 0.4) is 0 Å². The van der Waals surface area contributed by atoms with Crippen LogP contribution in [0.2, 0.25) is 0 Å². The van der Waals surface area contributed by atoms with E-state index in [1.165, 1.54) is 38.5 Å². The average molecular weight is 286 g/mol. The molecule has 0 bridgehead atoms. The van der Waals surface area contributed by atoms with Crippen molar-refractivity contribution in [2.45, 2.75) is 58.0 Å². The van der Waals surface area contributed by atoms with E-state index < -0.39 is 6.10 Å². The highest BCUT2D eigenvalue weighted by molar-refractivity contribution is 5.73. The van der Waals surface area contributed by atoms with Crippen LogP contribution in [0, 0.1) is 5.41 Å². The Morgan fingerprint density at radius 2 is 1.90 bits per heavy atom. The Hall–Kier alpha value is -0.810. The molecule has 1 rings (SSSR count). The highest BCUT2D eigenvalue weighted by Crippen LogP contribution is 2.33. The maximum Gasteiger partial charge on any atom is 0.314 e. The van der Waals surface area contributed by atoms with Gasteiger partial charge in [0.2, 0.25) is 0 Å². The van der Waals surface area contributed by atoms with Crippen molar-refractivity contribution in [2.75, 3.05) is 26.8 Å². The van der Waals surface area contributed by atoms with E-state index in [9.17, 15) is 9.90 Å². The third kappa shape index (κ3) is 7.10. The fourth-order valence-electron chi connectivity index (χ4n) is 2.74. The van der Waals surface area contributed by atoms with Crippen molar-refractivity contribution in [1.29, 1.82) is 0 Å². The van der Waals surface area contributed by atoms with Gasteiger partial charge in [0.15, 0.2) is 0 Å². The minimum absolute atomic E-state index is 0.139. The van der Waals surface area contributed by atoms with Crippen molar-refractivity contribution < 1.29 is 14.6 Å². The van der Waals surface area contributed by atoms with E-state index in [1.807, 2.05) is 0 Å². The number of methoxy groups -OCH3 is 1. The predicted molar refractivity (Wildman–Crippen MR) is 79.7 cm³/mol. The molecule has 0 aromatic carbocycles. The maximum atomic E-state index is 11.7. The molecule has 0 aromatic heterocycles. The van der Waals surface area contributed by atoms with Crippen LogP contribution in [0.1, 0.15) is 51.9 Å². The van der Waals surface area contributed by atoms with Crippen molar-refractivity contribution in [3.8, 4) is 0 Å². The molecule has 20 heavy (non-hydrogen) atoms. The number of hydrogen-bond acceptors (Lipinski definition) is 3. The fourth-order valence-corrected chi connectivity index (χ4v) is 2.74. The summed E-state index contributed by atoms with van der Waals surface area (Å²) in [6.45, 7) is 3.77. The van der Waals surface area contributed by atoms with Crippen LogP contribution in [0.4, 0.5) is 4.79 Å². The summed E-state index contributed by atoms with van der Waals surface area (Å²) in [5, 5.41) is 15.2. The van der Waals surface area contributed by atoms with E-state index in [4.69, 9.17) is 4.74 Å². The highest BCUT2D eigenvalue weighted by Gasteiger charge is 2.25. The average Bonchev–Trinajstić information content (AvgIpc) is 2.62. The molecule has 0 radical (unpaired) electrons. The van der Waals surface area contributed by atoms with Gasteiger partial charge >= 0.3 is 6.03 Å². The number of urea groups is 1. The molecule has 3 N–H and O–H groups in total. The van der Waals surface area contributed by atoms with Crippen molar-refractivity contribution in [1.82, 2.24) is 10.6 Å². The Kier molecular flexibility index (Phi) is 7.92. The Morgan fingerprint density at radius 1 is 1.25 bits per heavy atom. The van der Waals surface area contributed by atoms with Crippen LogP contribution < -0.4 is 10.6 Å². The Morgan fingerprint density at radius 3 is 2.50 bits per heavy atom. The zero-order chi connectivity index (χ0) is 14.8. The van der Waals surface area contributed by atoms with Gasteiger partial charge in [-0.05, 0) is 24.7 Å². The lowest BCUT2D eigenvalue weighted by molar-refractivity contribution is 0.0598. The molecule has 1 atom stereocenters. The van der Waals surface area contributed by atoms with Gasteiger partial charge in [-0.25, -0.2) is 4.79 Å². The number of rotatable bonds is 7. The highest BCUT2D eigenvalue weighted by atomic mass is 16.5. The first kappa shape index (κ1) is 17.2. The smallest absolute Gasteiger partial charge is 0.314 e. The van der Waals surface area contributed by atoms with Crippen LogP contribution in [0.15, 0.2) is 0 Å². The molecule has 0 heterocycles. The fraction of sp³-hybridized carbons (Fsp3) is 0.933. The number of hydrogen-bond donors (Lipinski definition) is 3. The van der Waals surface area contributed by atoms with E-state index in [2.05, 4.69) is 17.6 Å². The Balaban J connectivity index is 2.15. The molecule has 1 saturated carbocycles. The molecule has 0 aromatic rings. The van der Waals surface area contributed by atoms with Crippen LogP contribution in [-0.4, -0.2) is 44.0 Å². The molecule has 0 spiro atoms. The standard InChI is InChI=1S/C15H30N2O3/c1-15(8-5-3-4-6-9-15)12-17-14(19)16-10-7-13(18)11-20-2/h13,18H,3-12H2,1-2H3,(H2,16,17,19). The van der Waals surface area contributed by atoms with Crippen molar-refractivity contribution in [3.63, 3.8) is 0 Å². The lowest BCUT2D eigenvalue weighted by Crippen LogP contribution is -2.42. The number of ether oxygens (including phenoxy) is 1. The summed E-state index contributed by atoms with van der Waals surface area (Å²) >= 11 is 0. The number of amides is 2. The molecule has 1 fully saturated rings. The predicted octanol–water partition coefficient (Wildman–Crippen LogP) is 2.04. The van der Waals surface area contributed by atoms with Gasteiger partial charge in [-0.2, -0.15) is 0 Å². The van der Waals surface area contributed by atoms with Gasteiger partial charge in [0.25, 0.3) is 0 Å². The van der Waals surface area contributed by atoms with Gasteiger partial charge in [0.05, 0.1) is 12.7 Å². The second-order valence-electron chi connectivity index (χ2n) is 6.23. The quantitative estimate of drug-likeness (QED) is 0.627. The molecule has 1 aliphatic rings. The topological polar surface area (TPSA) is 70.6 Å². The molecule has 118 valence electrons. The molecule has 0 saturated heterocycles. The van der Waals surface area contributed by atoms with Gasteiger partial charge in [-0.3, -0.25) is 0 Å². The van der Waals surface area contributed by atoms with E-state index in [-0.39, 0.29) is 11.4 Å². The Bertz CT molecular complexity index is 276. The summed E-state index contributed by atoms with van der Waals surface area (Å²) in [4.78, 5) is 11.7. The van der Waals surface area contributed by atoms with Crippen LogP contribution in [0.5, 0.6) is 0 Å². The van der Waals surface area contributed by atoms with E-state index >= 15 is 0 Å². The molecule has 1 unspecified atom stereocenters. The normalized spacial score (nSPS) is 19.9. The van der Waals surface area contributed by atoms with E-state index in [1.54, 1.807) is 7.11 Å². The zero-order valence-electron chi connectivity index (χ0n) is 12.9. The first-order valence-corrected chi connectivity index (χ1v) is 7.74. The SMILES string of the molecule is COCC(O)CCNC(=O)NCC1(C)CCCCCC1. The van der Waals surface area contributed by atoms with Crippen LogP contribution in [0.25, 0.3) is 0 Å². The summed E-state index contributed by atoms with van der Waals surface area (Å²) < 4.78 is 4.83. The lowest BCUT2D eigenvalue weighted by Gasteiger charge is -2.28. The molecule has 1 aliphatic carbocycles. The summed E-state index contributed by atoms with van der Waals surface area (Å²) in [5.74, 6) is 0. The summed E-state index contributed by atoms with van der Waals surface area (Å²) in [6, 6.07) is -0.139. The second kappa shape index (κ2) is 9.19. The third-order valence-corrected chi connectivity index (χ3v) is 4.11. The van der Waals surface area contributed by atoms with Crippen molar-refractivity contribution in [3.05, 3.63) is 0 Å². The minimum atomic E-state index is -0.514. The molecule has 5 heteroatoms. The van der Waals surface area contributed by atoms with Gasteiger partial charge in [0.1, 0.15) is 0 Å². The summed E-state index contributed by atoms with van der Waals surface area (Å²) in [6.07, 6.45) is 7.56. The van der Waals surface area contributed by atoms with Gasteiger partial charge in [-0.15, -0.1) is 0 Å². The van der Waals surface area contributed by atoms with Crippen molar-refractivity contribution >= 4 is 6.03 Å². The van der Waals surface area contributed by atoms with Gasteiger partial charge in [-0.1, -0.05) is 32.6 Å². The number of carbonyl (C=O) groups excluding carboxylic acids is 1. The Labute approximate surface area is 122 Å². The van der Waals surface area contributed by atoms with Crippen molar-refractivity contribution in [2.24, 2.45) is 5.41 Å². The van der Waals surface area contributed by atoms with E-state index in [0.717, 1.165) is 6.54 Å². The summed E-state index contributed by atoms with van der Waals surface area (Å²) in [5.41, 5.74) is 0.239. The van der Waals surface area contributed by atoms with Crippen LogP contribution >= 0.6 is 0 Å². The number of aliphatic hydroxyl groups is 1. The molecule has 2 amide bonds.